The zero-order valence-corrected chi connectivity index (χ0v) is 10.3. The molecule has 0 amide bonds. The Bertz CT molecular complexity index is 255. The minimum atomic E-state index is 0.443. The third-order valence-corrected chi connectivity index (χ3v) is 5.21. The number of hydrogen-bond donors (Lipinski definition) is 1. The molecule has 15 heavy (non-hydrogen) atoms. The Balaban J connectivity index is 1.75. The zero-order chi connectivity index (χ0) is 10.6. The summed E-state index contributed by atoms with van der Waals surface area (Å²) in [6, 6.07) is 0.903. The summed E-state index contributed by atoms with van der Waals surface area (Å²) in [6.07, 6.45) is 2.88. The predicted molar refractivity (Wildman–Crippen MR) is 62.8 cm³/mol. The van der Waals surface area contributed by atoms with Gasteiger partial charge in [-0.1, -0.05) is 6.92 Å². The molecule has 2 heterocycles. The van der Waals surface area contributed by atoms with Crippen LogP contribution in [0.3, 0.4) is 0 Å². The Hall–Kier alpha value is -0.0800. The number of likely N-dealkylation sites (tertiary alicyclic amines) is 1. The third-order valence-electron chi connectivity index (χ3n) is 5.21. The van der Waals surface area contributed by atoms with Crippen LogP contribution in [0.1, 0.15) is 33.6 Å². The molecule has 2 unspecified atom stereocenters. The first-order valence-corrected chi connectivity index (χ1v) is 6.56. The maximum Gasteiger partial charge on any atom is 0.0200 e. The molecule has 2 saturated heterocycles. The highest BCUT2D eigenvalue weighted by Crippen LogP contribution is 2.46. The van der Waals surface area contributed by atoms with Crippen LogP contribution in [0.5, 0.6) is 0 Å². The fourth-order valence-electron chi connectivity index (χ4n) is 4.19. The van der Waals surface area contributed by atoms with Crippen molar-refractivity contribution in [2.24, 2.45) is 17.8 Å². The highest BCUT2D eigenvalue weighted by Gasteiger charge is 2.52. The highest BCUT2D eigenvalue weighted by molar-refractivity contribution is 5.07. The molecule has 2 heteroatoms. The van der Waals surface area contributed by atoms with Gasteiger partial charge >= 0.3 is 0 Å². The Kier molecular flexibility index (Phi) is 2.16. The van der Waals surface area contributed by atoms with Gasteiger partial charge in [0.1, 0.15) is 0 Å². The average molecular weight is 208 g/mol. The topological polar surface area (TPSA) is 15.3 Å². The smallest absolute Gasteiger partial charge is 0.0200 e. The van der Waals surface area contributed by atoms with Crippen LogP contribution < -0.4 is 5.32 Å². The molecule has 0 radical (unpaired) electrons. The summed E-state index contributed by atoms with van der Waals surface area (Å²) in [7, 11) is 0. The second kappa shape index (κ2) is 3.21. The number of hydrogen-bond acceptors (Lipinski definition) is 2. The minimum absolute atomic E-state index is 0.443. The maximum atomic E-state index is 3.56. The van der Waals surface area contributed by atoms with Crippen molar-refractivity contribution in [2.45, 2.75) is 45.2 Å². The van der Waals surface area contributed by atoms with Gasteiger partial charge in [-0.25, -0.2) is 0 Å². The van der Waals surface area contributed by atoms with Crippen LogP contribution in [0.25, 0.3) is 0 Å². The van der Waals surface area contributed by atoms with Crippen molar-refractivity contribution in [3.63, 3.8) is 0 Å². The van der Waals surface area contributed by atoms with Crippen molar-refractivity contribution in [1.82, 2.24) is 10.2 Å². The van der Waals surface area contributed by atoms with Gasteiger partial charge in [-0.3, -0.25) is 4.90 Å². The Labute approximate surface area is 93.4 Å². The molecule has 1 saturated carbocycles. The van der Waals surface area contributed by atoms with Gasteiger partial charge in [-0.05, 0) is 51.0 Å². The van der Waals surface area contributed by atoms with Gasteiger partial charge < -0.3 is 5.32 Å². The van der Waals surface area contributed by atoms with Gasteiger partial charge in [0.05, 0.1) is 0 Å². The lowest BCUT2D eigenvalue weighted by Gasteiger charge is -2.47. The summed E-state index contributed by atoms with van der Waals surface area (Å²) >= 11 is 0. The van der Waals surface area contributed by atoms with E-state index in [1.165, 1.54) is 32.5 Å². The highest BCUT2D eigenvalue weighted by atomic mass is 15.3. The average Bonchev–Trinajstić information content (AvgIpc) is 2.64. The monoisotopic (exact) mass is 208 g/mol. The van der Waals surface area contributed by atoms with E-state index in [1.54, 1.807) is 0 Å². The van der Waals surface area contributed by atoms with Gasteiger partial charge in [0.15, 0.2) is 0 Å². The minimum Gasteiger partial charge on any atom is -0.316 e. The molecule has 0 bridgehead atoms. The van der Waals surface area contributed by atoms with E-state index in [9.17, 15) is 0 Å². The van der Waals surface area contributed by atoms with Gasteiger partial charge in [0.25, 0.3) is 0 Å². The molecule has 3 aliphatic rings. The molecule has 2 nitrogen and oxygen atoms in total. The van der Waals surface area contributed by atoms with Crippen LogP contribution in [0.15, 0.2) is 0 Å². The quantitative estimate of drug-likeness (QED) is 0.706. The van der Waals surface area contributed by atoms with E-state index in [1.807, 2.05) is 0 Å². The summed E-state index contributed by atoms with van der Waals surface area (Å²) < 4.78 is 0. The van der Waals surface area contributed by atoms with Crippen molar-refractivity contribution in [3.05, 3.63) is 0 Å². The van der Waals surface area contributed by atoms with Crippen molar-refractivity contribution in [2.75, 3.05) is 19.6 Å². The van der Waals surface area contributed by atoms with E-state index in [0.29, 0.717) is 5.54 Å². The van der Waals surface area contributed by atoms with E-state index in [0.717, 1.165) is 23.8 Å². The fourth-order valence-corrected chi connectivity index (χ4v) is 4.19. The van der Waals surface area contributed by atoms with Crippen molar-refractivity contribution in [3.8, 4) is 0 Å². The van der Waals surface area contributed by atoms with Crippen molar-refractivity contribution >= 4 is 0 Å². The lowest BCUT2D eigenvalue weighted by Crippen LogP contribution is -2.53. The number of nitrogens with one attached hydrogen (secondary N) is 1. The van der Waals surface area contributed by atoms with Gasteiger partial charge in [0, 0.05) is 24.7 Å². The van der Waals surface area contributed by atoms with Gasteiger partial charge in [0.2, 0.25) is 0 Å². The molecule has 3 rings (SSSR count). The van der Waals surface area contributed by atoms with E-state index < -0.39 is 0 Å². The summed E-state index contributed by atoms with van der Waals surface area (Å²) in [5, 5.41) is 3.56. The fraction of sp³-hybridized carbons (Fsp3) is 1.00. The predicted octanol–water partition coefficient (Wildman–Crippen LogP) is 1.71. The van der Waals surface area contributed by atoms with E-state index in [2.05, 4.69) is 31.0 Å². The molecule has 0 aromatic heterocycles. The summed E-state index contributed by atoms with van der Waals surface area (Å²) in [6.45, 7) is 11.2. The Morgan fingerprint density at radius 3 is 2.53 bits per heavy atom. The van der Waals surface area contributed by atoms with Gasteiger partial charge in [-0.15, -0.1) is 0 Å². The molecule has 0 aromatic rings. The molecule has 1 N–H and O–H groups in total. The summed E-state index contributed by atoms with van der Waals surface area (Å²) in [5.41, 5.74) is 0.443. The first kappa shape index (κ1) is 10.1. The van der Waals surface area contributed by atoms with Gasteiger partial charge in [-0.2, -0.15) is 0 Å². The lowest BCUT2D eigenvalue weighted by atomic mass is 9.78. The lowest BCUT2D eigenvalue weighted by molar-refractivity contribution is 0.0224. The van der Waals surface area contributed by atoms with E-state index in [-0.39, 0.29) is 0 Å². The molecule has 1 aliphatic carbocycles. The molecule has 2 atom stereocenters. The number of rotatable bonds is 1. The number of nitrogens with zero attached hydrogens (tertiary/aromatic N) is 1. The second-order valence-electron chi connectivity index (χ2n) is 6.56. The van der Waals surface area contributed by atoms with Crippen LogP contribution >= 0.6 is 0 Å². The molecular formula is C13H24N2. The molecule has 86 valence electrons. The molecular weight excluding hydrogens is 184 g/mol. The molecule has 0 spiro atoms. The van der Waals surface area contributed by atoms with Crippen LogP contribution in [-0.4, -0.2) is 36.1 Å². The first-order valence-electron chi connectivity index (χ1n) is 6.56. The standard InChI is InChI=1S/C13H24N2/c1-9-4-11(5-9)15-8-10-6-14-7-12(10)13(15,2)3/h9-12,14H,4-8H2,1-3H3. The summed E-state index contributed by atoms with van der Waals surface area (Å²) in [5.74, 6) is 2.80. The SMILES string of the molecule is CC1CC(N2CC3CNCC3C2(C)C)C1. The second-order valence-corrected chi connectivity index (χ2v) is 6.56. The summed E-state index contributed by atoms with van der Waals surface area (Å²) in [4.78, 5) is 2.82. The molecule has 3 fully saturated rings. The Morgan fingerprint density at radius 1 is 1.20 bits per heavy atom. The Morgan fingerprint density at radius 2 is 1.93 bits per heavy atom. The van der Waals surface area contributed by atoms with Crippen LogP contribution in [0.2, 0.25) is 0 Å². The van der Waals surface area contributed by atoms with Crippen LogP contribution in [0.4, 0.5) is 0 Å². The van der Waals surface area contributed by atoms with Crippen LogP contribution in [-0.2, 0) is 0 Å². The van der Waals surface area contributed by atoms with Crippen molar-refractivity contribution in [1.29, 1.82) is 0 Å². The van der Waals surface area contributed by atoms with E-state index >= 15 is 0 Å². The first-order chi connectivity index (χ1) is 7.09. The normalized spacial score (nSPS) is 49.0. The number of fused-ring (bicyclic) bond motifs is 1. The van der Waals surface area contributed by atoms with Crippen LogP contribution in [0, 0.1) is 17.8 Å². The molecule has 0 aromatic carbocycles. The zero-order valence-electron chi connectivity index (χ0n) is 10.3. The molecule has 2 aliphatic heterocycles. The van der Waals surface area contributed by atoms with E-state index in [4.69, 9.17) is 0 Å². The van der Waals surface area contributed by atoms with Crippen molar-refractivity contribution < 1.29 is 0 Å². The third kappa shape index (κ3) is 1.38. The largest absolute Gasteiger partial charge is 0.316 e. The maximum absolute atomic E-state index is 3.56.